The van der Waals surface area contributed by atoms with E-state index in [0.29, 0.717) is 11.1 Å². The number of halogens is 1. The largest absolute Gasteiger partial charge is 0.206 e. The number of hydrogen-bond donors (Lipinski definition) is 0. The van der Waals surface area contributed by atoms with Gasteiger partial charge in [0, 0.05) is 11.1 Å². The van der Waals surface area contributed by atoms with E-state index in [1.54, 1.807) is 6.92 Å². The average Bonchev–Trinajstić information content (AvgIpc) is 2.67. The van der Waals surface area contributed by atoms with Gasteiger partial charge in [0.1, 0.15) is 5.82 Å². The molecule has 0 aliphatic carbocycles. The predicted molar refractivity (Wildman–Crippen MR) is 117 cm³/mol. The molecule has 3 rings (SSSR count). The maximum absolute atomic E-state index is 14.4. The molecule has 0 N–H and O–H groups in total. The Hall–Kier alpha value is -2.85. The van der Waals surface area contributed by atoms with Gasteiger partial charge in [-0.25, -0.2) is 4.39 Å². The Morgan fingerprint density at radius 1 is 0.500 bits per heavy atom. The van der Waals surface area contributed by atoms with Crippen LogP contribution < -0.4 is 0 Å². The molecule has 3 aromatic carbocycles. The third-order valence-electron chi connectivity index (χ3n) is 6.05. The summed E-state index contributed by atoms with van der Waals surface area (Å²) in [6.07, 6.45) is 0. The van der Waals surface area contributed by atoms with E-state index < -0.39 is 0 Å². The fourth-order valence-electron chi connectivity index (χ4n) is 3.59. The van der Waals surface area contributed by atoms with E-state index in [1.807, 2.05) is 19.1 Å². The van der Waals surface area contributed by atoms with Crippen molar-refractivity contribution < 1.29 is 4.39 Å². The lowest BCUT2D eigenvalue weighted by molar-refractivity contribution is 0.610. The number of rotatable bonds is 1. The lowest BCUT2D eigenvalue weighted by Crippen LogP contribution is -1.96. The van der Waals surface area contributed by atoms with Gasteiger partial charge in [0.05, 0.1) is 0 Å². The van der Waals surface area contributed by atoms with Gasteiger partial charge in [-0.05, 0) is 111 Å². The number of aryl methyl sites for hydroxylation is 2. The van der Waals surface area contributed by atoms with Crippen molar-refractivity contribution in [1.29, 1.82) is 0 Å². The first-order valence-electron chi connectivity index (χ1n) is 9.67. The van der Waals surface area contributed by atoms with E-state index in [-0.39, 0.29) is 5.82 Å². The van der Waals surface area contributed by atoms with E-state index in [1.165, 1.54) is 16.7 Å². The molecule has 0 amide bonds. The van der Waals surface area contributed by atoms with Crippen molar-refractivity contribution in [2.45, 2.75) is 48.5 Å². The topological polar surface area (TPSA) is 0 Å². The molecule has 0 atom stereocenters. The second-order valence-electron chi connectivity index (χ2n) is 7.71. The lowest BCUT2D eigenvalue weighted by atomic mass is 9.90. The maximum Gasteiger partial charge on any atom is 0.129 e. The van der Waals surface area contributed by atoms with E-state index in [2.05, 4.69) is 70.7 Å². The van der Waals surface area contributed by atoms with Gasteiger partial charge in [0.2, 0.25) is 0 Å². The third-order valence-corrected chi connectivity index (χ3v) is 6.05. The molecule has 0 heterocycles. The molecular weight excluding hydrogens is 343 g/mol. The molecule has 0 aliphatic rings. The van der Waals surface area contributed by atoms with Crippen molar-refractivity contribution in [2.24, 2.45) is 0 Å². The molecule has 0 spiro atoms. The standard InChI is InChI=1S/C27H27F/c1-16-8-10-23(19(4)18(16)3)11-12-24-13-15-25(21(6)20(24)5)26-14-9-17(2)27(28)22(26)7/h8-10,13-15H,1-7H3. The molecule has 0 aromatic heterocycles. The fourth-order valence-corrected chi connectivity index (χ4v) is 3.59. The molecule has 0 fully saturated rings. The van der Waals surface area contributed by atoms with E-state index >= 15 is 0 Å². The summed E-state index contributed by atoms with van der Waals surface area (Å²) in [6, 6.07) is 12.2. The highest BCUT2D eigenvalue weighted by atomic mass is 19.1. The molecule has 3 aromatic rings. The van der Waals surface area contributed by atoms with Gasteiger partial charge >= 0.3 is 0 Å². The van der Waals surface area contributed by atoms with Crippen molar-refractivity contribution in [1.82, 2.24) is 0 Å². The van der Waals surface area contributed by atoms with E-state index in [4.69, 9.17) is 0 Å². The van der Waals surface area contributed by atoms with Crippen LogP contribution in [-0.4, -0.2) is 0 Å². The molecule has 0 saturated carbocycles. The second kappa shape index (κ2) is 7.64. The Morgan fingerprint density at radius 3 is 1.61 bits per heavy atom. The van der Waals surface area contributed by atoms with Crippen molar-refractivity contribution in [3.63, 3.8) is 0 Å². The molecule has 0 radical (unpaired) electrons. The molecular formula is C27H27F. The summed E-state index contributed by atoms with van der Waals surface area (Å²) >= 11 is 0. The zero-order valence-electron chi connectivity index (χ0n) is 17.8. The van der Waals surface area contributed by atoms with Gasteiger partial charge in [-0.15, -0.1) is 0 Å². The van der Waals surface area contributed by atoms with Gasteiger partial charge in [0.25, 0.3) is 0 Å². The Bertz CT molecular complexity index is 1140. The second-order valence-corrected chi connectivity index (χ2v) is 7.71. The van der Waals surface area contributed by atoms with Gasteiger partial charge in [-0.1, -0.05) is 36.1 Å². The minimum Gasteiger partial charge on any atom is -0.206 e. The monoisotopic (exact) mass is 370 g/mol. The van der Waals surface area contributed by atoms with E-state index in [0.717, 1.165) is 33.4 Å². The summed E-state index contributed by atoms with van der Waals surface area (Å²) in [5.74, 6) is 6.57. The molecule has 0 unspecified atom stereocenters. The first-order valence-corrected chi connectivity index (χ1v) is 9.67. The Morgan fingerprint density at radius 2 is 0.964 bits per heavy atom. The van der Waals surface area contributed by atoms with Crippen LogP contribution in [0.25, 0.3) is 11.1 Å². The summed E-state index contributed by atoms with van der Waals surface area (Å²) in [6.45, 7) is 14.2. The van der Waals surface area contributed by atoms with Crippen LogP contribution in [0.15, 0.2) is 36.4 Å². The summed E-state index contributed by atoms with van der Waals surface area (Å²) in [7, 11) is 0. The summed E-state index contributed by atoms with van der Waals surface area (Å²) < 4.78 is 14.4. The Balaban J connectivity index is 2.06. The molecule has 142 valence electrons. The predicted octanol–water partition coefficient (Wildman–Crippen LogP) is 7.05. The van der Waals surface area contributed by atoms with Gasteiger partial charge < -0.3 is 0 Å². The zero-order chi connectivity index (χ0) is 20.6. The highest BCUT2D eigenvalue weighted by Gasteiger charge is 2.13. The molecule has 0 nitrogen and oxygen atoms in total. The van der Waals surface area contributed by atoms with Crippen molar-refractivity contribution in [3.05, 3.63) is 92.3 Å². The number of hydrogen-bond acceptors (Lipinski definition) is 0. The lowest BCUT2D eigenvalue weighted by Gasteiger charge is -2.14. The summed E-state index contributed by atoms with van der Waals surface area (Å²) in [5, 5.41) is 0. The van der Waals surface area contributed by atoms with Gasteiger partial charge in [-0.3, -0.25) is 0 Å². The van der Waals surface area contributed by atoms with Crippen molar-refractivity contribution in [2.75, 3.05) is 0 Å². The summed E-state index contributed by atoms with van der Waals surface area (Å²) in [5.41, 5.74) is 11.6. The van der Waals surface area contributed by atoms with Crippen LogP contribution in [0.3, 0.4) is 0 Å². The minimum absolute atomic E-state index is 0.122. The van der Waals surface area contributed by atoms with E-state index in [9.17, 15) is 4.39 Å². The minimum atomic E-state index is -0.122. The summed E-state index contributed by atoms with van der Waals surface area (Å²) in [4.78, 5) is 0. The first-order chi connectivity index (χ1) is 13.2. The highest BCUT2D eigenvalue weighted by molar-refractivity contribution is 5.73. The highest BCUT2D eigenvalue weighted by Crippen LogP contribution is 2.32. The molecule has 1 heteroatoms. The zero-order valence-corrected chi connectivity index (χ0v) is 17.8. The van der Waals surface area contributed by atoms with Gasteiger partial charge in [0.15, 0.2) is 0 Å². The number of benzene rings is 3. The quantitative estimate of drug-likeness (QED) is 0.403. The fraction of sp³-hybridized carbons (Fsp3) is 0.259. The van der Waals surface area contributed by atoms with Crippen LogP contribution in [0.4, 0.5) is 4.39 Å². The Labute approximate surface area is 168 Å². The van der Waals surface area contributed by atoms with Crippen LogP contribution in [0.2, 0.25) is 0 Å². The SMILES string of the molecule is Cc1ccc(C#Cc2ccc(-c3ccc(C)c(F)c3C)c(C)c2C)c(C)c1C. The molecule has 28 heavy (non-hydrogen) atoms. The molecule has 0 saturated heterocycles. The van der Waals surface area contributed by atoms with Crippen LogP contribution in [0.1, 0.15) is 50.1 Å². The van der Waals surface area contributed by atoms with Gasteiger partial charge in [-0.2, -0.15) is 0 Å². The van der Waals surface area contributed by atoms with Crippen LogP contribution in [-0.2, 0) is 0 Å². The molecule has 0 aliphatic heterocycles. The maximum atomic E-state index is 14.4. The first kappa shape index (κ1) is 19.9. The Kier molecular flexibility index (Phi) is 5.43. The average molecular weight is 371 g/mol. The van der Waals surface area contributed by atoms with Crippen molar-refractivity contribution >= 4 is 0 Å². The smallest absolute Gasteiger partial charge is 0.129 e. The molecule has 0 bridgehead atoms. The third kappa shape index (κ3) is 3.48. The normalized spacial score (nSPS) is 10.6. The van der Waals surface area contributed by atoms with Crippen LogP contribution >= 0.6 is 0 Å². The van der Waals surface area contributed by atoms with Crippen molar-refractivity contribution in [3.8, 4) is 23.0 Å². The van der Waals surface area contributed by atoms with Crippen LogP contribution in [0, 0.1) is 66.1 Å². The van der Waals surface area contributed by atoms with Crippen LogP contribution in [0.5, 0.6) is 0 Å².